The highest BCUT2D eigenvalue weighted by molar-refractivity contribution is 14.0. The van der Waals surface area contributed by atoms with Crippen LogP contribution in [-0.4, -0.2) is 46.9 Å². The summed E-state index contributed by atoms with van der Waals surface area (Å²) in [7, 11) is 0.831. The number of hydrogen-bond acceptors (Lipinski definition) is 3. The molecule has 1 aromatic carbocycles. The normalized spacial score (nSPS) is 14.2. The van der Waals surface area contributed by atoms with Crippen LogP contribution in [0.25, 0.3) is 0 Å². The minimum Gasteiger partial charge on any atom is -0.489 e. The van der Waals surface area contributed by atoms with Crippen LogP contribution in [0.3, 0.4) is 0 Å². The number of halogens is 2. The summed E-state index contributed by atoms with van der Waals surface area (Å²) >= 11 is 5.85. The lowest BCUT2D eigenvalue weighted by Gasteiger charge is -2.20. The first-order valence-corrected chi connectivity index (χ1v) is 9.67. The first-order valence-electron chi connectivity index (χ1n) is 7.97. The topological polar surface area (TPSA) is 62.7 Å². The molecule has 1 aromatic rings. The molecule has 5 nitrogen and oxygen atoms in total. The van der Waals surface area contributed by atoms with E-state index in [2.05, 4.69) is 15.6 Å². The third-order valence-corrected chi connectivity index (χ3v) is 5.39. The van der Waals surface area contributed by atoms with Crippen LogP contribution in [0.5, 0.6) is 5.75 Å². The summed E-state index contributed by atoms with van der Waals surface area (Å²) in [4.78, 5) is 4.16. The van der Waals surface area contributed by atoms with Crippen LogP contribution in [-0.2, 0) is 10.8 Å². The monoisotopic (exact) mass is 501 g/mol. The highest BCUT2D eigenvalue weighted by atomic mass is 127. The SMILES string of the molecule is CN=C(NCCS(=O)C(C)(C)C)NCC(C)Oc1ccc(Cl)cc1.I. The van der Waals surface area contributed by atoms with Gasteiger partial charge in [0.1, 0.15) is 11.9 Å². The predicted octanol–water partition coefficient (Wildman–Crippen LogP) is 3.44. The number of ether oxygens (including phenoxy) is 1. The van der Waals surface area contributed by atoms with E-state index in [1.54, 1.807) is 19.2 Å². The molecule has 2 atom stereocenters. The first kappa shape index (κ1) is 24.5. The van der Waals surface area contributed by atoms with Crippen LogP contribution in [0.2, 0.25) is 5.02 Å². The van der Waals surface area contributed by atoms with Gasteiger partial charge in [-0.2, -0.15) is 0 Å². The van der Waals surface area contributed by atoms with E-state index in [1.165, 1.54) is 0 Å². The van der Waals surface area contributed by atoms with Crippen molar-refractivity contribution in [3.63, 3.8) is 0 Å². The van der Waals surface area contributed by atoms with Gasteiger partial charge >= 0.3 is 0 Å². The maximum atomic E-state index is 12.0. The molecule has 0 amide bonds. The van der Waals surface area contributed by atoms with Gasteiger partial charge in [-0.3, -0.25) is 9.20 Å². The maximum Gasteiger partial charge on any atom is 0.191 e. The average Bonchev–Trinajstić information content (AvgIpc) is 2.51. The molecule has 0 spiro atoms. The maximum absolute atomic E-state index is 12.0. The minimum absolute atomic E-state index is 0. The molecule has 0 aliphatic rings. The van der Waals surface area contributed by atoms with Crippen molar-refractivity contribution < 1.29 is 8.95 Å². The third kappa shape index (κ3) is 10.3. The van der Waals surface area contributed by atoms with Gasteiger partial charge in [0.05, 0.1) is 6.54 Å². The molecule has 0 aliphatic carbocycles. The van der Waals surface area contributed by atoms with Crippen molar-refractivity contribution in [1.82, 2.24) is 10.6 Å². The molecule has 8 heteroatoms. The Kier molecular flexibility index (Phi) is 11.7. The summed E-state index contributed by atoms with van der Waals surface area (Å²) in [6, 6.07) is 7.28. The molecule has 0 heterocycles. The number of guanidine groups is 1. The second kappa shape index (κ2) is 12.0. The van der Waals surface area contributed by atoms with E-state index in [0.717, 1.165) is 5.75 Å². The van der Waals surface area contributed by atoms with Gasteiger partial charge in [-0.05, 0) is 52.0 Å². The summed E-state index contributed by atoms with van der Waals surface area (Å²) < 4.78 is 17.6. The molecule has 0 aromatic heterocycles. The van der Waals surface area contributed by atoms with E-state index in [1.807, 2.05) is 39.8 Å². The van der Waals surface area contributed by atoms with Gasteiger partial charge in [-0.25, -0.2) is 0 Å². The zero-order chi connectivity index (χ0) is 18.2. The van der Waals surface area contributed by atoms with Crippen LogP contribution in [0.1, 0.15) is 27.7 Å². The van der Waals surface area contributed by atoms with E-state index in [-0.39, 0.29) is 34.8 Å². The quantitative estimate of drug-likeness (QED) is 0.341. The molecular weight excluding hydrogens is 473 g/mol. The van der Waals surface area contributed by atoms with Crippen LogP contribution < -0.4 is 15.4 Å². The Morgan fingerprint density at radius 2 is 1.88 bits per heavy atom. The third-order valence-electron chi connectivity index (χ3n) is 3.19. The molecular formula is C17H29ClIN3O2S. The van der Waals surface area contributed by atoms with Crippen molar-refractivity contribution in [2.24, 2.45) is 4.99 Å². The Morgan fingerprint density at radius 1 is 1.28 bits per heavy atom. The number of rotatable bonds is 7. The number of nitrogens with zero attached hydrogens (tertiary/aromatic N) is 1. The predicted molar refractivity (Wildman–Crippen MR) is 119 cm³/mol. The molecule has 0 radical (unpaired) electrons. The molecule has 0 saturated carbocycles. The second-order valence-electron chi connectivity index (χ2n) is 6.42. The smallest absolute Gasteiger partial charge is 0.191 e. The molecule has 25 heavy (non-hydrogen) atoms. The summed E-state index contributed by atoms with van der Waals surface area (Å²) in [5.41, 5.74) is 0. The van der Waals surface area contributed by atoms with Crippen LogP contribution >= 0.6 is 35.6 Å². The second-order valence-corrected chi connectivity index (χ2v) is 9.18. The van der Waals surface area contributed by atoms with E-state index in [4.69, 9.17) is 16.3 Å². The molecule has 0 fully saturated rings. The van der Waals surface area contributed by atoms with Gasteiger partial charge in [0.2, 0.25) is 0 Å². The molecule has 1 rings (SSSR count). The van der Waals surface area contributed by atoms with Gasteiger partial charge in [-0.1, -0.05) is 11.6 Å². The summed E-state index contributed by atoms with van der Waals surface area (Å²) in [5.74, 6) is 2.03. The van der Waals surface area contributed by atoms with Gasteiger partial charge < -0.3 is 15.4 Å². The van der Waals surface area contributed by atoms with E-state index in [0.29, 0.717) is 29.8 Å². The number of benzene rings is 1. The van der Waals surface area contributed by atoms with Crippen LogP contribution in [0, 0.1) is 0 Å². The molecule has 0 aliphatic heterocycles. The standard InChI is InChI=1S/C17H28ClN3O2S.HI/c1-13(23-15-8-6-14(18)7-9-15)12-21-16(19-5)20-10-11-24(22)17(2,3)4;/h6-9,13H,10-12H2,1-5H3,(H2,19,20,21);1H. The Balaban J connectivity index is 0.00000576. The largest absolute Gasteiger partial charge is 0.489 e. The lowest BCUT2D eigenvalue weighted by molar-refractivity contribution is 0.224. The summed E-state index contributed by atoms with van der Waals surface area (Å²) in [5, 5.41) is 7.06. The number of nitrogens with one attached hydrogen (secondary N) is 2. The van der Waals surface area contributed by atoms with E-state index < -0.39 is 10.8 Å². The Bertz CT molecular complexity index is 562. The van der Waals surface area contributed by atoms with Crippen molar-refractivity contribution in [2.45, 2.75) is 38.5 Å². The first-order chi connectivity index (χ1) is 11.2. The zero-order valence-corrected chi connectivity index (χ0v) is 19.4. The molecule has 0 bridgehead atoms. The van der Waals surface area contributed by atoms with Gasteiger partial charge in [0, 0.05) is 39.9 Å². The average molecular weight is 502 g/mol. The van der Waals surface area contributed by atoms with Crippen LogP contribution in [0.4, 0.5) is 0 Å². The number of hydrogen-bond donors (Lipinski definition) is 2. The highest BCUT2D eigenvalue weighted by Crippen LogP contribution is 2.16. The van der Waals surface area contributed by atoms with Gasteiger partial charge in [0.25, 0.3) is 0 Å². The zero-order valence-electron chi connectivity index (χ0n) is 15.5. The van der Waals surface area contributed by atoms with Crippen molar-refractivity contribution >= 4 is 52.3 Å². The van der Waals surface area contributed by atoms with E-state index in [9.17, 15) is 4.21 Å². The Morgan fingerprint density at radius 3 is 2.40 bits per heavy atom. The molecule has 2 unspecified atom stereocenters. The van der Waals surface area contributed by atoms with Crippen LogP contribution in [0.15, 0.2) is 29.3 Å². The van der Waals surface area contributed by atoms with Crippen molar-refractivity contribution in [1.29, 1.82) is 0 Å². The fraction of sp³-hybridized carbons (Fsp3) is 0.588. The lowest BCUT2D eigenvalue weighted by Crippen LogP contribution is -2.43. The molecule has 144 valence electrons. The fourth-order valence-corrected chi connectivity index (χ4v) is 2.84. The lowest BCUT2D eigenvalue weighted by atomic mass is 10.3. The Labute approximate surface area is 175 Å². The Hall–Kier alpha value is -0.540. The minimum atomic E-state index is -0.878. The van der Waals surface area contributed by atoms with Gasteiger partial charge in [0.15, 0.2) is 5.96 Å². The number of aliphatic imine (C=N–C) groups is 1. The molecule has 2 N–H and O–H groups in total. The fourth-order valence-electron chi connectivity index (χ4n) is 1.82. The van der Waals surface area contributed by atoms with Crippen molar-refractivity contribution in [3.05, 3.63) is 29.3 Å². The highest BCUT2D eigenvalue weighted by Gasteiger charge is 2.18. The van der Waals surface area contributed by atoms with Crippen molar-refractivity contribution in [2.75, 3.05) is 25.9 Å². The summed E-state index contributed by atoms with van der Waals surface area (Å²) in [6.45, 7) is 9.12. The summed E-state index contributed by atoms with van der Waals surface area (Å²) in [6.07, 6.45) is -0.0339. The van der Waals surface area contributed by atoms with Crippen molar-refractivity contribution in [3.8, 4) is 5.75 Å². The van der Waals surface area contributed by atoms with Gasteiger partial charge in [-0.15, -0.1) is 24.0 Å². The molecule has 0 saturated heterocycles. The van der Waals surface area contributed by atoms with E-state index >= 15 is 0 Å².